The summed E-state index contributed by atoms with van der Waals surface area (Å²) in [6.45, 7) is 5.71. The van der Waals surface area contributed by atoms with Gasteiger partial charge in [0.1, 0.15) is 6.33 Å². The first-order valence-corrected chi connectivity index (χ1v) is 6.21. The number of rotatable bonds is 4. The maximum absolute atomic E-state index is 5.51. The third-order valence-corrected chi connectivity index (χ3v) is 3.05. The van der Waals surface area contributed by atoms with E-state index in [0.29, 0.717) is 12.0 Å². The second kappa shape index (κ2) is 5.77. The third kappa shape index (κ3) is 3.52. The lowest BCUT2D eigenvalue weighted by molar-refractivity contribution is 0.219. The molecule has 6 nitrogen and oxygen atoms in total. The van der Waals surface area contributed by atoms with E-state index >= 15 is 0 Å². The van der Waals surface area contributed by atoms with Crippen LogP contribution < -0.4 is 11.1 Å². The molecular formula is C11H20N6. The Balaban J connectivity index is 1.82. The molecule has 0 aromatic carbocycles. The quantitative estimate of drug-likeness (QED) is 0.802. The molecular weight excluding hydrogens is 216 g/mol. The molecule has 0 spiro atoms. The van der Waals surface area contributed by atoms with Crippen molar-refractivity contribution >= 4 is 11.9 Å². The van der Waals surface area contributed by atoms with Crippen LogP contribution in [0.3, 0.4) is 0 Å². The molecule has 2 heterocycles. The molecule has 1 fully saturated rings. The predicted molar refractivity (Wildman–Crippen MR) is 67.6 cm³/mol. The van der Waals surface area contributed by atoms with Gasteiger partial charge in [-0.25, -0.2) is 9.97 Å². The minimum Gasteiger partial charge on any atom is -0.368 e. The summed E-state index contributed by atoms with van der Waals surface area (Å²) in [7, 11) is 0. The number of hydrogen-bond acceptors (Lipinski definition) is 6. The van der Waals surface area contributed by atoms with Gasteiger partial charge in [-0.2, -0.15) is 4.98 Å². The van der Waals surface area contributed by atoms with E-state index in [2.05, 4.69) is 32.1 Å². The van der Waals surface area contributed by atoms with Crippen LogP contribution in [0.4, 0.5) is 11.9 Å². The predicted octanol–water partition coefficient (Wildman–Crippen LogP) is 0.740. The minimum absolute atomic E-state index is 0.269. The molecule has 17 heavy (non-hydrogen) atoms. The monoisotopic (exact) mass is 236 g/mol. The standard InChI is InChI=1S/C11H20N6/c1-2-5-17-6-3-9(4-7-17)15-11-14-8-13-10(12)16-11/h8-9H,2-7H2,1H3,(H3,12,13,14,15,16). The van der Waals surface area contributed by atoms with E-state index in [4.69, 9.17) is 5.73 Å². The number of likely N-dealkylation sites (tertiary alicyclic amines) is 1. The van der Waals surface area contributed by atoms with Gasteiger partial charge in [-0.15, -0.1) is 0 Å². The molecule has 0 aliphatic carbocycles. The number of nitrogen functional groups attached to an aromatic ring is 1. The number of nitrogens with zero attached hydrogens (tertiary/aromatic N) is 4. The fourth-order valence-electron chi connectivity index (χ4n) is 2.18. The summed E-state index contributed by atoms with van der Waals surface area (Å²) in [5.41, 5.74) is 5.51. The summed E-state index contributed by atoms with van der Waals surface area (Å²) < 4.78 is 0. The minimum atomic E-state index is 0.269. The maximum atomic E-state index is 5.51. The second-order valence-corrected chi connectivity index (χ2v) is 4.43. The smallest absolute Gasteiger partial charge is 0.227 e. The largest absolute Gasteiger partial charge is 0.368 e. The summed E-state index contributed by atoms with van der Waals surface area (Å²) in [6, 6.07) is 0.449. The molecule has 1 aliphatic rings. The highest BCUT2D eigenvalue weighted by molar-refractivity contribution is 5.30. The van der Waals surface area contributed by atoms with Crippen LogP contribution >= 0.6 is 0 Å². The zero-order valence-corrected chi connectivity index (χ0v) is 10.3. The summed E-state index contributed by atoms with van der Waals surface area (Å²) in [6.07, 6.45) is 4.93. The Hall–Kier alpha value is -1.43. The first-order chi connectivity index (χ1) is 8.28. The van der Waals surface area contributed by atoms with Crippen LogP contribution in [0.5, 0.6) is 0 Å². The van der Waals surface area contributed by atoms with Crippen LogP contribution in [0.25, 0.3) is 0 Å². The molecule has 1 aliphatic heterocycles. The zero-order valence-electron chi connectivity index (χ0n) is 10.3. The van der Waals surface area contributed by atoms with Crippen molar-refractivity contribution in [2.24, 2.45) is 0 Å². The van der Waals surface area contributed by atoms with Crippen molar-refractivity contribution in [3.8, 4) is 0 Å². The van der Waals surface area contributed by atoms with Gasteiger partial charge in [-0.3, -0.25) is 0 Å². The van der Waals surface area contributed by atoms with Crippen LogP contribution in [0.1, 0.15) is 26.2 Å². The lowest BCUT2D eigenvalue weighted by Crippen LogP contribution is -2.39. The zero-order chi connectivity index (χ0) is 12.1. The highest BCUT2D eigenvalue weighted by atomic mass is 15.2. The van der Waals surface area contributed by atoms with Crippen LogP contribution in [-0.4, -0.2) is 45.5 Å². The Morgan fingerprint density at radius 3 is 2.82 bits per heavy atom. The van der Waals surface area contributed by atoms with Gasteiger partial charge in [-0.1, -0.05) is 6.92 Å². The fourth-order valence-corrected chi connectivity index (χ4v) is 2.18. The molecule has 3 N–H and O–H groups in total. The van der Waals surface area contributed by atoms with Crippen molar-refractivity contribution in [3.05, 3.63) is 6.33 Å². The molecule has 1 aromatic rings. The summed E-state index contributed by atoms with van der Waals surface area (Å²) in [5.74, 6) is 0.859. The molecule has 0 bridgehead atoms. The van der Waals surface area contributed by atoms with Gasteiger partial charge in [0.25, 0.3) is 0 Å². The van der Waals surface area contributed by atoms with Crippen LogP contribution in [0, 0.1) is 0 Å². The number of nitrogens with two attached hydrogens (primary N) is 1. The molecule has 1 aromatic heterocycles. The number of aromatic nitrogens is 3. The van der Waals surface area contributed by atoms with E-state index in [1.54, 1.807) is 0 Å². The molecule has 0 unspecified atom stereocenters. The third-order valence-electron chi connectivity index (χ3n) is 3.05. The summed E-state index contributed by atoms with van der Waals surface area (Å²) in [5, 5.41) is 3.32. The number of anilines is 2. The molecule has 2 rings (SSSR count). The van der Waals surface area contributed by atoms with Crippen molar-refractivity contribution < 1.29 is 0 Å². The molecule has 94 valence electrons. The average Bonchev–Trinajstić information content (AvgIpc) is 2.32. The Morgan fingerprint density at radius 2 is 2.18 bits per heavy atom. The Labute approximate surface area is 102 Å². The Bertz CT molecular complexity index is 348. The Morgan fingerprint density at radius 1 is 1.41 bits per heavy atom. The lowest BCUT2D eigenvalue weighted by Gasteiger charge is -2.31. The topological polar surface area (TPSA) is 80.0 Å². The van der Waals surface area contributed by atoms with Gasteiger partial charge < -0.3 is 16.0 Å². The van der Waals surface area contributed by atoms with Crippen molar-refractivity contribution in [1.82, 2.24) is 19.9 Å². The van der Waals surface area contributed by atoms with Crippen molar-refractivity contribution in [1.29, 1.82) is 0 Å². The van der Waals surface area contributed by atoms with E-state index in [1.165, 1.54) is 19.3 Å². The number of hydrogen-bond donors (Lipinski definition) is 2. The van der Waals surface area contributed by atoms with Crippen LogP contribution in [-0.2, 0) is 0 Å². The van der Waals surface area contributed by atoms with E-state index in [1.807, 2.05) is 0 Å². The van der Waals surface area contributed by atoms with Crippen molar-refractivity contribution in [2.45, 2.75) is 32.2 Å². The molecule has 0 atom stereocenters. The summed E-state index contributed by atoms with van der Waals surface area (Å²) >= 11 is 0. The molecule has 0 amide bonds. The lowest BCUT2D eigenvalue weighted by atomic mass is 10.1. The average molecular weight is 236 g/mol. The van der Waals surface area contributed by atoms with Crippen LogP contribution in [0.15, 0.2) is 6.33 Å². The number of nitrogens with one attached hydrogen (secondary N) is 1. The first kappa shape index (κ1) is 12.0. The van der Waals surface area contributed by atoms with Gasteiger partial charge in [0, 0.05) is 19.1 Å². The van der Waals surface area contributed by atoms with E-state index in [9.17, 15) is 0 Å². The van der Waals surface area contributed by atoms with E-state index in [0.717, 1.165) is 25.9 Å². The van der Waals surface area contributed by atoms with Gasteiger partial charge >= 0.3 is 0 Å². The normalized spacial score (nSPS) is 18.2. The molecule has 6 heteroatoms. The maximum Gasteiger partial charge on any atom is 0.227 e. The molecule has 0 radical (unpaired) electrons. The van der Waals surface area contributed by atoms with Gasteiger partial charge in [-0.05, 0) is 25.8 Å². The molecule has 0 saturated carbocycles. The highest BCUT2D eigenvalue weighted by Crippen LogP contribution is 2.14. The van der Waals surface area contributed by atoms with Crippen molar-refractivity contribution in [2.75, 3.05) is 30.7 Å². The fraction of sp³-hybridized carbons (Fsp3) is 0.727. The SMILES string of the molecule is CCCN1CCC(Nc2ncnc(N)n2)CC1. The first-order valence-electron chi connectivity index (χ1n) is 6.21. The molecule has 1 saturated heterocycles. The van der Waals surface area contributed by atoms with E-state index in [-0.39, 0.29) is 5.95 Å². The number of piperidine rings is 1. The van der Waals surface area contributed by atoms with Crippen LogP contribution in [0.2, 0.25) is 0 Å². The van der Waals surface area contributed by atoms with E-state index < -0.39 is 0 Å². The Kier molecular flexibility index (Phi) is 4.08. The van der Waals surface area contributed by atoms with Gasteiger partial charge in [0.15, 0.2) is 0 Å². The van der Waals surface area contributed by atoms with Crippen molar-refractivity contribution in [3.63, 3.8) is 0 Å². The second-order valence-electron chi connectivity index (χ2n) is 4.43. The van der Waals surface area contributed by atoms with Gasteiger partial charge in [0.2, 0.25) is 11.9 Å². The van der Waals surface area contributed by atoms with Gasteiger partial charge in [0.05, 0.1) is 0 Å². The highest BCUT2D eigenvalue weighted by Gasteiger charge is 2.18. The summed E-state index contributed by atoms with van der Waals surface area (Å²) in [4.78, 5) is 14.4.